The monoisotopic (exact) mass is 342 g/mol. The van der Waals surface area contributed by atoms with Gasteiger partial charge in [-0.1, -0.05) is 12.1 Å². The molecule has 0 atom stereocenters. The van der Waals surface area contributed by atoms with Crippen LogP contribution >= 0.6 is 0 Å². The van der Waals surface area contributed by atoms with Crippen LogP contribution in [0, 0.1) is 0 Å². The molecule has 25 heavy (non-hydrogen) atoms. The highest BCUT2D eigenvalue weighted by atomic mass is 16.5. The number of guanidine groups is 1. The smallest absolute Gasteiger partial charge is 0.248 e. The van der Waals surface area contributed by atoms with Crippen molar-refractivity contribution in [2.45, 2.75) is 6.54 Å². The van der Waals surface area contributed by atoms with Crippen molar-refractivity contribution < 1.29 is 14.3 Å². The number of anilines is 1. The lowest BCUT2D eigenvalue weighted by Gasteiger charge is -2.14. The van der Waals surface area contributed by atoms with Gasteiger partial charge in [0.25, 0.3) is 0 Å². The Morgan fingerprint density at radius 2 is 1.88 bits per heavy atom. The number of carbonyl (C=O) groups excluding carboxylic acids is 1. The van der Waals surface area contributed by atoms with Gasteiger partial charge in [-0.05, 0) is 29.8 Å². The normalized spacial score (nSPS) is 10.9. The number of ether oxygens (including phenoxy) is 2. The average molecular weight is 342 g/mol. The summed E-state index contributed by atoms with van der Waals surface area (Å²) in [6.07, 6.45) is 0. The molecule has 0 fully saturated rings. The number of hydrogen-bond acceptors (Lipinski definition) is 4. The first-order valence-corrected chi connectivity index (χ1v) is 7.65. The Labute approximate surface area is 146 Å². The predicted molar refractivity (Wildman–Crippen MR) is 98.3 cm³/mol. The van der Waals surface area contributed by atoms with Gasteiger partial charge in [0.2, 0.25) is 5.91 Å². The molecular weight excluding hydrogens is 320 g/mol. The molecule has 7 nitrogen and oxygen atoms in total. The molecule has 0 unspecified atom stereocenters. The maximum absolute atomic E-state index is 11.2. The molecule has 0 aliphatic rings. The van der Waals surface area contributed by atoms with Crippen LogP contribution < -0.4 is 25.8 Å². The molecule has 4 N–H and O–H groups in total. The minimum atomic E-state index is -0.449. The van der Waals surface area contributed by atoms with E-state index in [1.54, 1.807) is 39.5 Å². The number of aliphatic imine (C=N–C) groups is 1. The Kier molecular flexibility index (Phi) is 6.22. The lowest BCUT2D eigenvalue weighted by Crippen LogP contribution is -2.30. The molecule has 0 aliphatic carbocycles. The van der Waals surface area contributed by atoms with E-state index < -0.39 is 5.91 Å². The van der Waals surface area contributed by atoms with Crippen molar-refractivity contribution in [3.8, 4) is 11.5 Å². The largest absolute Gasteiger partial charge is 0.493 e. The van der Waals surface area contributed by atoms with E-state index in [1.807, 2.05) is 24.3 Å². The number of rotatable bonds is 6. The van der Waals surface area contributed by atoms with Gasteiger partial charge in [0, 0.05) is 30.9 Å². The maximum Gasteiger partial charge on any atom is 0.248 e. The van der Waals surface area contributed by atoms with E-state index in [0.29, 0.717) is 29.6 Å². The maximum atomic E-state index is 11.2. The highest BCUT2D eigenvalue weighted by Crippen LogP contribution is 2.29. The molecular formula is C18H22N4O3. The topological polar surface area (TPSA) is 98.0 Å². The van der Waals surface area contributed by atoms with Crippen LogP contribution in [0.2, 0.25) is 0 Å². The van der Waals surface area contributed by atoms with Gasteiger partial charge in [-0.25, -0.2) is 0 Å². The van der Waals surface area contributed by atoms with Crippen LogP contribution in [0.3, 0.4) is 0 Å². The van der Waals surface area contributed by atoms with Crippen LogP contribution in [0.1, 0.15) is 15.9 Å². The van der Waals surface area contributed by atoms with Crippen LogP contribution in [0.25, 0.3) is 0 Å². The van der Waals surface area contributed by atoms with Gasteiger partial charge >= 0.3 is 0 Å². The summed E-state index contributed by atoms with van der Waals surface area (Å²) in [5.74, 6) is 1.41. The minimum Gasteiger partial charge on any atom is -0.493 e. The van der Waals surface area contributed by atoms with E-state index in [0.717, 1.165) is 11.3 Å². The van der Waals surface area contributed by atoms with Crippen molar-refractivity contribution in [3.05, 3.63) is 53.6 Å². The molecule has 2 rings (SSSR count). The van der Waals surface area contributed by atoms with Crippen molar-refractivity contribution >= 4 is 17.6 Å². The summed E-state index contributed by atoms with van der Waals surface area (Å²) >= 11 is 0. The fourth-order valence-electron chi connectivity index (χ4n) is 2.25. The molecule has 1 amide bonds. The average Bonchev–Trinajstić information content (AvgIpc) is 2.65. The molecule has 0 radical (unpaired) electrons. The van der Waals surface area contributed by atoms with Crippen molar-refractivity contribution in [1.82, 2.24) is 5.32 Å². The Hall–Kier alpha value is -3.22. The molecule has 0 aromatic heterocycles. The summed E-state index contributed by atoms with van der Waals surface area (Å²) < 4.78 is 10.5. The number of amides is 1. The van der Waals surface area contributed by atoms with Gasteiger partial charge in [0.1, 0.15) is 0 Å². The van der Waals surface area contributed by atoms with E-state index in [-0.39, 0.29) is 0 Å². The van der Waals surface area contributed by atoms with E-state index in [1.165, 1.54) is 0 Å². The lowest BCUT2D eigenvalue weighted by atomic mass is 10.1. The molecule has 0 spiro atoms. The van der Waals surface area contributed by atoms with Gasteiger partial charge in [-0.15, -0.1) is 0 Å². The first-order valence-electron chi connectivity index (χ1n) is 7.65. The number of nitrogens with zero attached hydrogens (tertiary/aromatic N) is 1. The Bertz CT molecular complexity index is 775. The number of methoxy groups -OCH3 is 2. The first-order chi connectivity index (χ1) is 12.1. The number of nitrogens with one attached hydrogen (secondary N) is 2. The van der Waals surface area contributed by atoms with E-state index in [2.05, 4.69) is 15.6 Å². The molecule has 0 saturated carbocycles. The van der Waals surface area contributed by atoms with Crippen molar-refractivity contribution in [2.75, 3.05) is 26.6 Å². The second kappa shape index (κ2) is 8.58. The molecule has 0 heterocycles. The molecule has 2 aromatic rings. The highest BCUT2D eigenvalue weighted by Gasteiger charge is 2.07. The van der Waals surface area contributed by atoms with Crippen molar-refractivity contribution in [1.29, 1.82) is 0 Å². The van der Waals surface area contributed by atoms with Crippen molar-refractivity contribution in [3.63, 3.8) is 0 Å². The second-order valence-corrected chi connectivity index (χ2v) is 5.19. The standard InChI is InChI=1S/C18H22N4O3/c1-20-18(21-11-12-5-4-6-13(9-12)17(19)23)22-14-7-8-15(24-2)16(10-14)25-3/h4-10H,11H2,1-3H3,(H2,19,23)(H2,20,21,22). The number of nitrogens with two attached hydrogens (primary N) is 1. The molecule has 0 bridgehead atoms. The quantitative estimate of drug-likeness (QED) is 0.551. The second-order valence-electron chi connectivity index (χ2n) is 5.19. The SMILES string of the molecule is CN=C(NCc1cccc(C(N)=O)c1)Nc1ccc(OC)c(OC)c1. The van der Waals surface area contributed by atoms with Gasteiger partial charge in [-0.2, -0.15) is 0 Å². The van der Waals surface area contributed by atoms with Crippen LogP contribution in [0.15, 0.2) is 47.5 Å². The fourth-order valence-corrected chi connectivity index (χ4v) is 2.25. The summed E-state index contributed by atoms with van der Waals surface area (Å²) in [6, 6.07) is 12.6. The van der Waals surface area contributed by atoms with E-state index in [9.17, 15) is 4.79 Å². The fraction of sp³-hybridized carbons (Fsp3) is 0.222. The summed E-state index contributed by atoms with van der Waals surface area (Å²) in [6.45, 7) is 0.494. The number of hydrogen-bond donors (Lipinski definition) is 3. The third kappa shape index (κ3) is 4.87. The number of primary amides is 1. The number of benzene rings is 2. The predicted octanol–water partition coefficient (Wildman–Crippen LogP) is 1.99. The number of carbonyl (C=O) groups is 1. The van der Waals surface area contributed by atoms with Gasteiger partial charge < -0.3 is 25.8 Å². The van der Waals surface area contributed by atoms with E-state index in [4.69, 9.17) is 15.2 Å². The Balaban J connectivity index is 2.04. The zero-order valence-corrected chi connectivity index (χ0v) is 14.5. The van der Waals surface area contributed by atoms with Crippen LogP contribution in [0.5, 0.6) is 11.5 Å². The first kappa shape index (κ1) is 18.1. The van der Waals surface area contributed by atoms with Crippen LogP contribution in [0.4, 0.5) is 5.69 Å². The van der Waals surface area contributed by atoms with Crippen LogP contribution in [-0.4, -0.2) is 33.1 Å². The Morgan fingerprint density at radius 1 is 1.12 bits per heavy atom. The molecule has 0 aliphatic heterocycles. The minimum absolute atomic E-state index is 0.449. The van der Waals surface area contributed by atoms with E-state index >= 15 is 0 Å². The third-order valence-electron chi connectivity index (χ3n) is 3.54. The summed E-state index contributed by atoms with van der Waals surface area (Å²) in [4.78, 5) is 15.4. The zero-order valence-electron chi connectivity index (χ0n) is 14.5. The third-order valence-corrected chi connectivity index (χ3v) is 3.54. The molecule has 2 aromatic carbocycles. The molecule has 0 saturated heterocycles. The Morgan fingerprint density at radius 3 is 2.52 bits per heavy atom. The lowest BCUT2D eigenvalue weighted by molar-refractivity contribution is 0.1000. The van der Waals surface area contributed by atoms with Gasteiger partial charge in [0.05, 0.1) is 14.2 Å². The molecule has 7 heteroatoms. The summed E-state index contributed by atoms with van der Waals surface area (Å²) in [5, 5.41) is 6.36. The zero-order chi connectivity index (χ0) is 18.2. The van der Waals surface area contributed by atoms with Gasteiger partial charge in [-0.3, -0.25) is 9.79 Å². The van der Waals surface area contributed by atoms with Gasteiger partial charge in [0.15, 0.2) is 17.5 Å². The highest BCUT2D eigenvalue weighted by molar-refractivity contribution is 5.94. The summed E-state index contributed by atoms with van der Waals surface area (Å²) in [5.41, 5.74) is 7.50. The van der Waals surface area contributed by atoms with Crippen molar-refractivity contribution in [2.24, 2.45) is 10.7 Å². The summed E-state index contributed by atoms with van der Waals surface area (Å²) in [7, 11) is 4.85. The van der Waals surface area contributed by atoms with Crippen LogP contribution in [-0.2, 0) is 6.54 Å². The molecule has 132 valence electrons.